The third-order valence-electron chi connectivity index (χ3n) is 6.30. The van der Waals surface area contributed by atoms with Crippen molar-refractivity contribution in [2.75, 3.05) is 13.1 Å². The van der Waals surface area contributed by atoms with Crippen molar-refractivity contribution in [1.82, 2.24) is 9.13 Å². The van der Waals surface area contributed by atoms with E-state index in [1.807, 2.05) is 0 Å². The average molecular weight is 369 g/mol. The van der Waals surface area contributed by atoms with Crippen LogP contribution in [0.4, 0.5) is 0 Å². The minimum absolute atomic E-state index is 0.0481. The molecule has 2 aliphatic rings. The minimum atomic E-state index is -0.0481. The molecule has 0 unspecified atom stereocenters. The highest BCUT2D eigenvalue weighted by atomic mass is 28.3. The highest BCUT2D eigenvalue weighted by Crippen LogP contribution is 2.26. The first kappa shape index (κ1) is 20.7. The Hall–Kier alpha value is 0.354. The molecule has 0 bridgehead atoms. The lowest BCUT2D eigenvalue weighted by Crippen LogP contribution is -2.46. The van der Waals surface area contributed by atoms with E-state index in [2.05, 4.69) is 29.9 Å². The van der Waals surface area contributed by atoms with Crippen molar-refractivity contribution in [2.45, 2.75) is 115 Å². The fourth-order valence-corrected chi connectivity index (χ4v) is 11.5. The van der Waals surface area contributed by atoms with Crippen molar-refractivity contribution < 1.29 is 0 Å². The first-order valence-corrected chi connectivity index (χ1v) is 14.1. The Morgan fingerprint density at radius 3 is 1.42 bits per heavy atom. The molecule has 142 valence electrons. The van der Waals surface area contributed by atoms with Crippen LogP contribution in [0.1, 0.15) is 97.8 Å². The highest BCUT2D eigenvalue weighted by Gasteiger charge is 2.26. The van der Waals surface area contributed by atoms with Crippen LogP contribution in [0.15, 0.2) is 0 Å². The van der Waals surface area contributed by atoms with Crippen molar-refractivity contribution in [2.24, 2.45) is 0 Å². The first-order chi connectivity index (χ1) is 11.7. The summed E-state index contributed by atoms with van der Waals surface area (Å²) in [5, 5.41) is 1.09. The average Bonchev–Trinajstić information content (AvgIpc) is 2.62. The summed E-state index contributed by atoms with van der Waals surface area (Å²) in [6.45, 7) is 10.2. The molecule has 0 aromatic heterocycles. The molecule has 0 aliphatic heterocycles. The van der Waals surface area contributed by atoms with Gasteiger partial charge in [0.2, 0.25) is 0 Å². The topological polar surface area (TPSA) is 6.48 Å². The van der Waals surface area contributed by atoms with Crippen molar-refractivity contribution in [3.8, 4) is 0 Å². The van der Waals surface area contributed by atoms with Gasteiger partial charge < -0.3 is 9.13 Å². The van der Waals surface area contributed by atoms with E-state index in [0.717, 1.165) is 17.2 Å². The molecule has 4 heteroatoms. The number of hydrogen-bond acceptors (Lipinski definition) is 2. The molecule has 2 saturated carbocycles. The van der Waals surface area contributed by atoms with E-state index in [4.69, 9.17) is 0 Å². The molecule has 2 nitrogen and oxygen atoms in total. The Bertz CT molecular complexity index is 285. The van der Waals surface area contributed by atoms with Gasteiger partial charge in [-0.2, -0.15) is 0 Å². The van der Waals surface area contributed by atoms with Gasteiger partial charge in [-0.3, -0.25) is 0 Å². The molecule has 2 aliphatic carbocycles. The zero-order valence-electron chi connectivity index (χ0n) is 16.9. The smallest absolute Gasteiger partial charge is 0.0963 e. The summed E-state index contributed by atoms with van der Waals surface area (Å²) < 4.78 is 6.06. The Morgan fingerprint density at radius 2 is 1.08 bits per heavy atom. The maximum atomic E-state index is 3.03. The Labute approximate surface area is 156 Å². The maximum Gasteiger partial charge on any atom is 0.0963 e. The van der Waals surface area contributed by atoms with Crippen LogP contribution in [0, 0.1) is 0 Å². The van der Waals surface area contributed by atoms with E-state index in [0.29, 0.717) is 0 Å². The van der Waals surface area contributed by atoms with Gasteiger partial charge in [-0.15, -0.1) is 0 Å². The molecule has 0 aromatic carbocycles. The summed E-state index contributed by atoms with van der Waals surface area (Å²) in [7, 11) is -0.0962. The van der Waals surface area contributed by atoms with Gasteiger partial charge in [0.05, 0.1) is 19.4 Å². The van der Waals surface area contributed by atoms with Crippen LogP contribution in [-0.2, 0) is 0 Å². The van der Waals surface area contributed by atoms with Gasteiger partial charge in [0, 0.05) is 12.1 Å². The molecule has 0 heterocycles. The number of nitrogens with zero attached hydrogens (tertiary/aromatic N) is 2. The maximum absolute atomic E-state index is 3.03. The van der Waals surface area contributed by atoms with Crippen LogP contribution in [0.25, 0.3) is 0 Å². The fourth-order valence-electron chi connectivity index (χ4n) is 5.17. The summed E-state index contributed by atoms with van der Waals surface area (Å²) in [5.74, 6) is 0. The molecule has 0 spiro atoms. The lowest BCUT2D eigenvalue weighted by atomic mass is 9.95. The monoisotopic (exact) mass is 368 g/mol. The minimum Gasteiger partial charge on any atom is -0.326 e. The summed E-state index contributed by atoms with van der Waals surface area (Å²) >= 11 is 0. The van der Waals surface area contributed by atoms with E-state index in [9.17, 15) is 0 Å². The summed E-state index contributed by atoms with van der Waals surface area (Å²) in [4.78, 5) is 0. The van der Waals surface area contributed by atoms with Crippen LogP contribution in [0.2, 0.25) is 5.16 Å². The van der Waals surface area contributed by atoms with Gasteiger partial charge in [-0.25, -0.2) is 0 Å². The molecule has 0 saturated heterocycles. The van der Waals surface area contributed by atoms with Gasteiger partial charge >= 0.3 is 0 Å². The highest BCUT2D eigenvalue weighted by molar-refractivity contribution is 6.55. The molecule has 24 heavy (non-hydrogen) atoms. The van der Waals surface area contributed by atoms with E-state index >= 15 is 0 Å². The molecule has 2 rings (SSSR count). The molecular weight excluding hydrogens is 324 g/mol. The second-order valence-corrected chi connectivity index (χ2v) is 15.0. The molecule has 0 radical (unpaired) electrons. The quantitative estimate of drug-likeness (QED) is 0.538. The zero-order chi connectivity index (χ0) is 17.2. The predicted octanol–water partition coefficient (Wildman–Crippen LogP) is 4.01. The Kier molecular flexibility index (Phi) is 10.2. The molecule has 0 aromatic rings. The van der Waals surface area contributed by atoms with Crippen LogP contribution in [-0.4, -0.2) is 53.7 Å². The van der Waals surface area contributed by atoms with Gasteiger partial charge in [0.15, 0.2) is 0 Å². The van der Waals surface area contributed by atoms with E-state index in [1.165, 1.54) is 90.1 Å². The van der Waals surface area contributed by atoms with Crippen molar-refractivity contribution in [3.05, 3.63) is 0 Å². The Morgan fingerprint density at radius 1 is 0.708 bits per heavy atom. The van der Waals surface area contributed by atoms with Gasteiger partial charge in [0.1, 0.15) is 0 Å². The lowest BCUT2D eigenvalue weighted by molar-refractivity contribution is 0.250. The van der Waals surface area contributed by atoms with Crippen LogP contribution in [0.5, 0.6) is 0 Å². The van der Waals surface area contributed by atoms with Crippen molar-refractivity contribution in [3.63, 3.8) is 0 Å². The number of hydrogen-bond donors (Lipinski definition) is 0. The standard InChI is InChI=1S/C20H44N2Si2/c1-4-16-21(19-12-8-6-9-13-19)23-18(3)24-22(17-5-2)20-14-10-7-11-15-20/h18-20H,4-17,23-24H2,1-3H3. The summed E-state index contributed by atoms with van der Waals surface area (Å²) in [5.41, 5.74) is 0. The van der Waals surface area contributed by atoms with Gasteiger partial charge in [-0.1, -0.05) is 59.3 Å². The number of rotatable bonds is 10. The van der Waals surface area contributed by atoms with Crippen LogP contribution >= 0.6 is 0 Å². The second kappa shape index (κ2) is 11.9. The third-order valence-corrected chi connectivity index (χ3v) is 11.7. The normalized spacial score (nSPS) is 23.4. The summed E-state index contributed by atoms with van der Waals surface area (Å²) in [6, 6.07) is 1.94. The third kappa shape index (κ3) is 6.93. The van der Waals surface area contributed by atoms with Gasteiger partial charge in [0.25, 0.3) is 0 Å². The molecular formula is C20H44N2Si2. The zero-order valence-corrected chi connectivity index (χ0v) is 19.8. The van der Waals surface area contributed by atoms with Gasteiger partial charge in [-0.05, 0) is 56.8 Å². The lowest BCUT2D eigenvalue weighted by Gasteiger charge is -2.39. The summed E-state index contributed by atoms with van der Waals surface area (Å²) in [6.07, 6.45) is 17.7. The van der Waals surface area contributed by atoms with Crippen molar-refractivity contribution >= 4 is 19.4 Å². The SMILES string of the molecule is CCCN([SiH2]C(C)[SiH2]N(CCC)C1CCCCC1)C1CCCCC1. The van der Waals surface area contributed by atoms with E-state index in [-0.39, 0.29) is 19.4 Å². The molecule has 0 amide bonds. The predicted molar refractivity (Wildman–Crippen MR) is 114 cm³/mol. The van der Waals surface area contributed by atoms with Crippen LogP contribution in [0.3, 0.4) is 0 Å². The molecule has 2 fully saturated rings. The fraction of sp³-hybridized carbons (Fsp3) is 1.00. The van der Waals surface area contributed by atoms with E-state index in [1.54, 1.807) is 0 Å². The van der Waals surface area contributed by atoms with Crippen LogP contribution < -0.4 is 0 Å². The largest absolute Gasteiger partial charge is 0.326 e. The second-order valence-electron chi connectivity index (χ2n) is 8.68. The first-order valence-electron chi connectivity index (χ1n) is 11.2. The van der Waals surface area contributed by atoms with E-state index < -0.39 is 0 Å². The molecule has 0 atom stereocenters. The van der Waals surface area contributed by atoms with Crippen molar-refractivity contribution in [1.29, 1.82) is 0 Å². The Balaban J connectivity index is 1.85. The molecule has 0 N–H and O–H groups in total.